The summed E-state index contributed by atoms with van der Waals surface area (Å²) in [4.78, 5) is 2.46. The smallest absolute Gasteiger partial charge is 0.126 e. The van der Waals surface area contributed by atoms with Crippen molar-refractivity contribution in [1.82, 2.24) is 4.90 Å². The number of halogens is 1. The van der Waals surface area contributed by atoms with Gasteiger partial charge in [0.2, 0.25) is 0 Å². The second-order valence-electron chi connectivity index (χ2n) is 6.05. The Morgan fingerprint density at radius 1 is 1.35 bits per heavy atom. The van der Waals surface area contributed by atoms with Gasteiger partial charge in [-0.2, -0.15) is 0 Å². The molecule has 112 valence electrons. The second kappa shape index (κ2) is 7.19. The van der Waals surface area contributed by atoms with E-state index in [0.717, 1.165) is 13.1 Å². The van der Waals surface area contributed by atoms with Gasteiger partial charge in [0.15, 0.2) is 0 Å². The quantitative estimate of drug-likeness (QED) is 0.905. The molecule has 2 rings (SSSR count). The van der Waals surface area contributed by atoms with Crippen molar-refractivity contribution in [3.8, 4) is 0 Å². The third-order valence-corrected chi connectivity index (χ3v) is 4.46. The fraction of sp³-hybridized carbons (Fsp3) is 0.647. The highest BCUT2D eigenvalue weighted by molar-refractivity contribution is 5.24. The maximum absolute atomic E-state index is 13.5. The molecule has 20 heavy (non-hydrogen) atoms. The lowest BCUT2D eigenvalue weighted by molar-refractivity contribution is 0.128. The summed E-state index contributed by atoms with van der Waals surface area (Å²) in [6.45, 7) is 6.02. The van der Waals surface area contributed by atoms with Gasteiger partial charge in [0.05, 0.1) is 6.10 Å². The Balaban J connectivity index is 1.90. The Hall–Kier alpha value is -0.930. The highest BCUT2D eigenvalue weighted by atomic mass is 19.1. The Bertz CT molecular complexity index is 435. The topological polar surface area (TPSA) is 23.5 Å². The zero-order valence-electron chi connectivity index (χ0n) is 12.6. The molecule has 1 aromatic carbocycles. The molecule has 3 heteroatoms. The molecule has 0 saturated carbocycles. The molecule has 1 heterocycles. The van der Waals surface area contributed by atoms with Crippen molar-refractivity contribution >= 4 is 0 Å². The summed E-state index contributed by atoms with van der Waals surface area (Å²) in [5.41, 5.74) is 1.32. The first-order valence-corrected chi connectivity index (χ1v) is 7.76. The number of hydrogen-bond donors (Lipinski definition) is 1. The fourth-order valence-corrected chi connectivity index (χ4v) is 2.94. The first kappa shape index (κ1) is 15.5. The van der Waals surface area contributed by atoms with E-state index in [1.54, 1.807) is 13.0 Å². The summed E-state index contributed by atoms with van der Waals surface area (Å²) < 4.78 is 13.5. The van der Waals surface area contributed by atoms with E-state index in [4.69, 9.17) is 0 Å². The summed E-state index contributed by atoms with van der Waals surface area (Å²) in [5.74, 6) is -0.232. The van der Waals surface area contributed by atoms with E-state index in [2.05, 4.69) is 11.8 Å². The zero-order chi connectivity index (χ0) is 14.5. The summed E-state index contributed by atoms with van der Waals surface area (Å²) in [5, 5.41) is 10.2. The van der Waals surface area contributed by atoms with E-state index in [-0.39, 0.29) is 5.82 Å². The van der Waals surface area contributed by atoms with E-state index in [1.807, 2.05) is 6.07 Å². The number of nitrogens with zero attached hydrogens (tertiary/aromatic N) is 1. The van der Waals surface area contributed by atoms with Gasteiger partial charge in [0.1, 0.15) is 5.82 Å². The van der Waals surface area contributed by atoms with Crippen LogP contribution in [0.25, 0.3) is 0 Å². The van der Waals surface area contributed by atoms with Gasteiger partial charge in [0.25, 0.3) is 0 Å². The maximum atomic E-state index is 13.5. The molecule has 1 aliphatic rings. The summed E-state index contributed by atoms with van der Waals surface area (Å²) in [6, 6.07) is 5.63. The van der Waals surface area contributed by atoms with Crippen LogP contribution in [0.3, 0.4) is 0 Å². The van der Waals surface area contributed by atoms with Crippen LogP contribution < -0.4 is 0 Å². The Labute approximate surface area is 121 Å². The fourth-order valence-electron chi connectivity index (χ4n) is 2.94. The molecule has 0 spiro atoms. The third-order valence-electron chi connectivity index (χ3n) is 4.46. The van der Waals surface area contributed by atoms with Gasteiger partial charge in [0, 0.05) is 12.6 Å². The van der Waals surface area contributed by atoms with Gasteiger partial charge in [-0.1, -0.05) is 25.0 Å². The minimum atomic E-state index is -0.569. The van der Waals surface area contributed by atoms with Gasteiger partial charge in [-0.3, -0.25) is 0 Å². The van der Waals surface area contributed by atoms with Crippen molar-refractivity contribution in [2.45, 2.75) is 58.1 Å². The van der Waals surface area contributed by atoms with Crippen LogP contribution in [-0.4, -0.2) is 29.1 Å². The first-order chi connectivity index (χ1) is 9.58. The van der Waals surface area contributed by atoms with Crippen LogP contribution in [0.1, 0.15) is 56.3 Å². The lowest BCUT2D eigenvalue weighted by Crippen LogP contribution is -2.34. The predicted octanol–water partition coefficient (Wildman–Crippen LogP) is 3.82. The van der Waals surface area contributed by atoms with Crippen molar-refractivity contribution < 1.29 is 9.50 Å². The van der Waals surface area contributed by atoms with Crippen molar-refractivity contribution in [2.24, 2.45) is 0 Å². The lowest BCUT2D eigenvalue weighted by atomic mass is 10.0. The SMILES string of the molecule is Cc1ccc(C(O)CCN2CCCCCC2C)cc1F. The molecule has 1 N–H and O–H groups in total. The predicted molar refractivity (Wildman–Crippen MR) is 80.2 cm³/mol. The molecular formula is C17H26FNO. The Morgan fingerprint density at radius 2 is 2.15 bits per heavy atom. The molecule has 2 unspecified atom stereocenters. The second-order valence-corrected chi connectivity index (χ2v) is 6.05. The summed E-state index contributed by atoms with van der Waals surface area (Å²) >= 11 is 0. The van der Waals surface area contributed by atoms with Crippen molar-refractivity contribution in [1.29, 1.82) is 0 Å². The molecule has 2 atom stereocenters. The Kier molecular flexibility index (Phi) is 5.55. The van der Waals surface area contributed by atoms with Crippen molar-refractivity contribution in [3.63, 3.8) is 0 Å². The molecule has 0 aliphatic carbocycles. The molecule has 1 fully saturated rings. The van der Waals surface area contributed by atoms with Gasteiger partial charge in [-0.05, 0) is 56.8 Å². The minimum absolute atomic E-state index is 0.232. The van der Waals surface area contributed by atoms with Crippen LogP contribution in [0.5, 0.6) is 0 Å². The van der Waals surface area contributed by atoms with Crippen LogP contribution in [0, 0.1) is 12.7 Å². The van der Waals surface area contributed by atoms with E-state index < -0.39 is 6.10 Å². The van der Waals surface area contributed by atoms with E-state index in [9.17, 15) is 9.50 Å². The molecule has 2 nitrogen and oxygen atoms in total. The number of aliphatic hydroxyl groups excluding tert-OH is 1. The van der Waals surface area contributed by atoms with Crippen LogP contribution in [-0.2, 0) is 0 Å². The number of aliphatic hydroxyl groups is 1. The highest BCUT2D eigenvalue weighted by Gasteiger charge is 2.18. The van der Waals surface area contributed by atoms with Crippen LogP contribution in [0.2, 0.25) is 0 Å². The number of aryl methyl sites for hydroxylation is 1. The molecule has 0 radical (unpaired) electrons. The van der Waals surface area contributed by atoms with Gasteiger partial charge in [-0.15, -0.1) is 0 Å². The zero-order valence-corrected chi connectivity index (χ0v) is 12.6. The van der Waals surface area contributed by atoms with Crippen LogP contribution in [0.15, 0.2) is 18.2 Å². The normalized spacial score (nSPS) is 22.5. The molecule has 1 saturated heterocycles. The number of benzene rings is 1. The minimum Gasteiger partial charge on any atom is -0.388 e. The third kappa shape index (κ3) is 4.03. The van der Waals surface area contributed by atoms with Crippen LogP contribution >= 0.6 is 0 Å². The molecule has 0 aromatic heterocycles. The number of hydrogen-bond acceptors (Lipinski definition) is 2. The van der Waals surface area contributed by atoms with Crippen molar-refractivity contribution in [3.05, 3.63) is 35.1 Å². The summed E-state index contributed by atoms with van der Waals surface area (Å²) in [7, 11) is 0. The largest absolute Gasteiger partial charge is 0.388 e. The van der Waals surface area contributed by atoms with E-state index in [0.29, 0.717) is 23.6 Å². The monoisotopic (exact) mass is 279 g/mol. The molecule has 0 amide bonds. The van der Waals surface area contributed by atoms with E-state index in [1.165, 1.54) is 31.7 Å². The summed E-state index contributed by atoms with van der Waals surface area (Å²) in [6.07, 6.45) is 5.22. The lowest BCUT2D eigenvalue weighted by Gasteiger charge is -2.27. The molecular weight excluding hydrogens is 253 g/mol. The first-order valence-electron chi connectivity index (χ1n) is 7.76. The average molecular weight is 279 g/mol. The van der Waals surface area contributed by atoms with Gasteiger partial charge in [-0.25, -0.2) is 4.39 Å². The maximum Gasteiger partial charge on any atom is 0.126 e. The Morgan fingerprint density at radius 3 is 2.90 bits per heavy atom. The van der Waals surface area contributed by atoms with E-state index >= 15 is 0 Å². The average Bonchev–Trinajstić information content (AvgIpc) is 2.64. The molecule has 1 aliphatic heterocycles. The molecule has 0 bridgehead atoms. The highest BCUT2D eigenvalue weighted by Crippen LogP contribution is 2.22. The molecule has 1 aromatic rings. The van der Waals surface area contributed by atoms with Gasteiger partial charge >= 0.3 is 0 Å². The van der Waals surface area contributed by atoms with Crippen molar-refractivity contribution in [2.75, 3.05) is 13.1 Å². The standard InChI is InChI=1S/C17H26FNO/c1-13-7-8-15(12-16(13)18)17(20)9-11-19-10-5-3-4-6-14(19)2/h7-8,12,14,17,20H,3-6,9-11H2,1-2H3. The number of likely N-dealkylation sites (tertiary alicyclic amines) is 1. The van der Waals surface area contributed by atoms with Crippen LogP contribution in [0.4, 0.5) is 4.39 Å². The van der Waals surface area contributed by atoms with Gasteiger partial charge < -0.3 is 10.0 Å². The number of rotatable bonds is 4.